The van der Waals surface area contributed by atoms with E-state index in [2.05, 4.69) is 10.3 Å². The van der Waals surface area contributed by atoms with Crippen LogP contribution in [0.4, 0.5) is 14.5 Å². The van der Waals surface area contributed by atoms with Gasteiger partial charge >= 0.3 is 0 Å². The number of halogens is 2. The highest BCUT2D eigenvalue weighted by Crippen LogP contribution is 2.44. The molecule has 0 bridgehead atoms. The molecule has 1 aliphatic rings. The van der Waals surface area contributed by atoms with Crippen LogP contribution in [0.15, 0.2) is 81.6 Å². The number of fused-ring (bicyclic) bond motifs is 2. The first-order valence-corrected chi connectivity index (χ1v) is 18.4. The highest BCUT2D eigenvalue weighted by molar-refractivity contribution is 7.92. The summed E-state index contributed by atoms with van der Waals surface area (Å²) in [6.45, 7) is 0.0598. The molecule has 0 saturated carbocycles. The molecule has 49 heavy (non-hydrogen) atoms. The van der Waals surface area contributed by atoms with E-state index in [9.17, 15) is 26.2 Å². The van der Waals surface area contributed by atoms with Gasteiger partial charge in [-0.25, -0.2) is 22.2 Å². The number of aromatic nitrogens is 1. The molecule has 0 atom stereocenters. The van der Waals surface area contributed by atoms with E-state index in [1.165, 1.54) is 54.9 Å². The van der Waals surface area contributed by atoms with Gasteiger partial charge in [-0.15, -0.1) is 0 Å². The van der Waals surface area contributed by atoms with Gasteiger partial charge in [-0.2, -0.15) is 0 Å². The van der Waals surface area contributed by atoms with Gasteiger partial charge in [0.15, 0.2) is 11.4 Å². The predicted molar refractivity (Wildman–Crippen MR) is 184 cm³/mol. The molecular weight excluding hydrogens is 677 g/mol. The standard InChI is InChI=1S/C35H29F2N3O7S2/c1-38-34(41)31-24-14-23(21-9-12-28(45-2)25(13-21)35-39-32-26(37)5-4-6-29(32)47-35)27(40(49(3,43)44)16-19-17-48(42)18-19)15-30(24)46-33(31)20-7-10-22(36)11-8-20/h4-15,19H,16-18H2,1-3H3,(H,38,41). The number of oxazole rings is 1. The normalized spacial score (nSPS) is 16.1. The molecule has 4 aromatic carbocycles. The molecule has 0 spiro atoms. The molecule has 6 aromatic rings. The second-order valence-electron chi connectivity index (χ2n) is 11.7. The maximum absolute atomic E-state index is 14.6. The van der Waals surface area contributed by atoms with Gasteiger partial charge < -0.3 is 18.9 Å². The summed E-state index contributed by atoms with van der Waals surface area (Å²) in [5.74, 6) is -0.318. The van der Waals surface area contributed by atoms with Crippen LogP contribution < -0.4 is 14.4 Å². The Labute approximate surface area is 282 Å². The minimum absolute atomic E-state index is 0.0372. The number of nitrogens with zero attached hydrogens (tertiary/aromatic N) is 2. The van der Waals surface area contributed by atoms with Crippen LogP contribution in [0.1, 0.15) is 10.4 Å². The molecule has 0 radical (unpaired) electrons. The third-order valence-corrected chi connectivity index (χ3v) is 11.2. The van der Waals surface area contributed by atoms with Crippen molar-refractivity contribution in [2.45, 2.75) is 0 Å². The summed E-state index contributed by atoms with van der Waals surface area (Å²) in [7, 11) is -2.00. The van der Waals surface area contributed by atoms with Gasteiger partial charge in [0, 0.05) is 64.4 Å². The van der Waals surface area contributed by atoms with Crippen LogP contribution in [0, 0.1) is 17.6 Å². The molecule has 252 valence electrons. The number of carbonyl (C=O) groups excluding carboxylic acids is 1. The topological polar surface area (TPSA) is 132 Å². The molecule has 7 rings (SSSR count). The maximum Gasteiger partial charge on any atom is 0.255 e. The number of amides is 1. The minimum atomic E-state index is -3.91. The summed E-state index contributed by atoms with van der Waals surface area (Å²) in [4.78, 5) is 17.8. The Hall–Kier alpha value is -5.08. The molecule has 1 fully saturated rings. The average molecular weight is 706 g/mol. The van der Waals surface area contributed by atoms with Crippen molar-refractivity contribution >= 4 is 54.5 Å². The number of methoxy groups -OCH3 is 1. The van der Waals surface area contributed by atoms with Crippen molar-refractivity contribution in [1.29, 1.82) is 0 Å². The van der Waals surface area contributed by atoms with Crippen molar-refractivity contribution < 1.29 is 39.8 Å². The Kier molecular flexibility index (Phi) is 8.23. The zero-order valence-electron chi connectivity index (χ0n) is 26.5. The molecule has 14 heteroatoms. The quantitative estimate of drug-likeness (QED) is 0.184. The lowest BCUT2D eigenvalue weighted by molar-refractivity contribution is 0.0964. The van der Waals surface area contributed by atoms with Crippen LogP contribution in [-0.4, -0.2) is 62.0 Å². The number of rotatable bonds is 9. The number of carbonyl (C=O) groups is 1. The summed E-state index contributed by atoms with van der Waals surface area (Å²) in [6.07, 6.45) is 1.09. The Morgan fingerprint density at radius 1 is 1.00 bits per heavy atom. The summed E-state index contributed by atoms with van der Waals surface area (Å²) in [6, 6.07) is 18.1. The number of ether oxygens (including phenoxy) is 1. The first-order valence-electron chi connectivity index (χ1n) is 15.1. The van der Waals surface area contributed by atoms with Gasteiger partial charge in [0.05, 0.1) is 30.2 Å². The SMILES string of the molecule is CNC(=O)c1c(-c2ccc(F)cc2)oc2cc(N(CC3CS(=O)C3)S(C)(=O)=O)c(-c3ccc(OC)c(-c4nc5c(F)cccc5o4)c3)cc12. The van der Waals surface area contributed by atoms with Gasteiger partial charge in [0.1, 0.15) is 28.4 Å². The molecule has 0 aliphatic carbocycles. The van der Waals surface area contributed by atoms with Gasteiger partial charge in [-0.1, -0.05) is 12.1 Å². The van der Waals surface area contributed by atoms with Crippen molar-refractivity contribution in [3.05, 3.63) is 90.0 Å². The Morgan fingerprint density at radius 2 is 1.73 bits per heavy atom. The molecule has 1 amide bonds. The Bertz CT molecular complexity index is 2400. The van der Waals surface area contributed by atoms with E-state index in [1.807, 2.05) is 0 Å². The van der Waals surface area contributed by atoms with Crippen LogP contribution in [0.2, 0.25) is 0 Å². The second-order valence-corrected chi connectivity index (χ2v) is 15.2. The zero-order valence-corrected chi connectivity index (χ0v) is 28.1. The lowest BCUT2D eigenvalue weighted by Crippen LogP contribution is -2.43. The fraction of sp³-hybridized carbons (Fsp3) is 0.200. The number of anilines is 1. The van der Waals surface area contributed by atoms with Gasteiger partial charge in [0.25, 0.3) is 5.91 Å². The lowest BCUT2D eigenvalue weighted by Gasteiger charge is -2.32. The van der Waals surface area contributed by atoms with Crippen molar-refractivity contribution in [2.24, 2.45) is 5.92 Å². The van der Waals surface area contributed by atoms with Crippen LogP contribution >= 0.6 is 0 Å². The summed E-state index contributed by atoms with van der Waals surface area (Å²) < 4.78 is 86.3. The number of para-hydroxylation sites is 1. The molecule has 1 aliphatic heterocycles. The monoisotopic (exact) mass is 705 g/mol. The number of nitrogens with one attached hydrogen (secondary N) is 1. The second kappa shape index (κ2) is 12.4. The number of hydrogen-bond donors (Lipinski definition) is 1. The molecule has 10 nitrogen and oxygen atoms in total. The third kappa shape index (κ3) is 5.95. The van der Waals surface area contributed by atoms with Crippen molar-refractivity contribution in [1.82, 2.24) is 10.3 Å². The van der Waals surface area contributed by atoms with Crippen molar-refractivity contribution in [2.75, 3.05) is 42.8 Å². The summed E-state index contributed by atoms with van der Waals surface area (Å²) >= 11 is 0. The molecule has 1 saturated heterocycles. The Morgan fingerprint density at radius 3 is 2.39 bits per heavy atom. The van der Waals surface area contributed by atoms with E-state index in [-0.39, 0.29) is 52.0 Å². The lowest BCUT2D eigenvalue weighted by atomic mass is 9.96. The highest BCUT2D eigenvalue weighted by atomic mass is 32.2. The summed E-state index contributed by atoms with van der Waals surface area (Å²) in [5, 5.41) is 3.01. The first-order chi connectivity index (χ1) is 23.4. The number of hydrogen-bond acceptors (Lipinski definition) is 8. The zero-order chi connectivity index (χ0) is 34.6. The van der Waals surface area contributed by atoms with E-state index in [0.29, 0.717) is 44.9 Å². The van der Waals surface area contributed by atoms with Crippen LogP contribution in [0.3, 0.4) is 0 Å². The third-order valence-electron chi connectivity index (χ3n) is 8.41. The predicted octanol–water partition coefficient (Wildman–Crippen LogP) is 6.37. The van der Waals surface area contributed by atoms with E-state index < -0.39 is 38.4 Å². The largest absolute Gasteiger partial charge is 0.496 e. The van der Waals surface area contributed by atoms with E-state index >= 15 is 0 Å². The maximum atomic E-state index is 14.6. The molecule has 1 N–H and O–H groups in total. The first kappa shape index (κ1) is 32.5. The van der Waals surface area contributed by atoms with E-state index in [0.717, 1.165) is 6.26 Å². The fourth-order valence-electron chi connectivity index (χ4n) is 6.03. The molecular formula is C35H29F2N3O7S2. The molecule has 3 heterocycles. The molecule has 0 unspecified atom stereocenters. The number of furan rings is 1. The summed E-state index contributed by atoms with van der Waals surface area (Å²) in [5.41, 5.74) is 2.60. The minimum Gasteiger partial charge on any atom is -0.496 e. The smallest absolute Gasteiger partial charge is 0.255 e. The average Bonchev–Trinajstić information content (AvgIpc) is 3.67. The number of benzene rings is 4. The van der Waals surface area contributed by atoms with Crippen LogP contribution in [0.5, 0.6) is 5.75 Å². The van der Waals surface area contributed by atoms with Crippen LogP contribution in [0.25, 0.3) is 56.0 Å². The van der Waals surface area contributed by atoms with Gasteiger partial charge in [-0.3, -0.25) is 13.3 Å². The van der Waals surface area contributed by atoms with Crippen molar-refractivity contribution in [3.63, 3.8) is 0 Å². The molecule has 2 aromatic heterocycles. The van der Waals surface area contributed by atoms with E-state index in [1.54, 1.807) is 36.4 Å². The van der Waals surface area contributed by atoms with Crippen molar-refractivity contribution in [3.8, 4) is 39.7 Å². The fourth-order valence-corrected chi connectivity index (χ4v) is 8.18. The Balaban J connectivity index is 1.50. The number of sulfonamides is 1. The van der Waals surface area contributed by atoms with E-state index in [4.69, 9.17) is 13.6 Å². The van der Waals surface area contributed by atoms with Crippen LogP contribution in [-0.2, 0) is 20.8 Å². The van der Waals surface area contributed by atoms with Gasteiger partial charge in [0.2, 0.25) is 15.9 Å². The van der Waals surface area contributed by atoms with Gasteiger partial charge in [-0.05, 0) is 60.2 Å². The highest BCUT2D eigenvalue weighted by Gasteiger charge is 2.33.